The molecule has 0 spiro atoms. The Bertz CT molecular complexity index is 2210. The SMILES string of the molecule is c1ccc(N(c2ccccc2)c2ccc(-c3ccc(-c4ccc5ccccc5c4)cc3)c(-c3ccc4ccccc4c3)c2)cc1. The van der Waals surface area contributed by atoms with Crippen LogP contribution in [0.1, 0.15) is 0 Å². The van der Waals surface area contributed by atoms with Crippen molar-refractivity contribution in [2.24, 2.45) is 0 Å². The third-order valence-corrected chi connectivity index (χ3v) is 8.63. The highest BCUT2D eigenvalue weighted by Crippen LogP contribution is 2.41. The molecule has 0 N–H and O–H groups in total. The van der Waals surface area contributed by atoms with Gasteiger partial charge in [-0.25, -0.2) is 0 Å². The molecule has 0 fully saturated rings. The van der Waals surface area contributed by atoms with Crippen molar-refractivity contribution in [3.63, 3.8) is 0 Å². The molecule has 45 heavy (non-hydrogen) atoms. The highest BCUT2D eigenvalue weighted by Gasteiger charge is 2.16. The molecule has 212 valence electrons. The van der Waals surface area contributed by atoms with E-state index in [1.807, 2.05) is 0 Å². The first-order valence-corrected chi connectivity index (χ1v) is 15.4. The van der Waals surface area contributed by atoms with Crippen LogP contribution < -0.4 is 4.90 Å². The van der Waals surface area contributed by atoms with E-state index in [2.05, 4.69) is 193 Å². The number of hydrogen-bond donors (Lipinski definition) is 0. The Morgan fingerprint density at radius 2 is 0.711 bits per heavy atom. The maximum absolute atomic E-state index is 2.34. The van der Waals surface area contributed by atoms with Crippen LogP contribution in [0.3, 0.4) is 0 Å². The maximum Gasteiger partial charge on any atom is 0.0468 e. The van der Waals surface area contributed by atoms with E-state index in [0.29, 0.717) is 0 Å². The van der Waals surface area contributed by atoms with Crippen molar-refractivity contribution in [1.29, 1.82) is 0 Å². The third-order valence-electron chi connectivity index (χ3n) is 8.63. The molecule has 1 heteroatoms. The van der Waals surface area contributed by atoms with Gasteiger partial charge in [-0.2, -0.15) is 0 Å². The number of rotatable bonds is 6. The summed E-state index contributed by atoms with van der Waals surface area (Å²) >= 11 is 0. The van der Waals surface area contributed by atoms with Crippen LogP contribution in [-0.2, 0) is 0 Å². The quantitative estimate of drug-likeness (QED) is 0.191. The summed E-state index contributed by atoms with van der Waals surface area (Å²) in [7, 11) is 0. The number of fused-ring (bicyclic) bond motifs is 2. The molecule has 0 radical (unpaired) electrons. The summed E-state index contributed by atoms with van der Waals surface area (Å²) in [5.74, 6) is 0. The summed E-state index contributed by atoms with van der Waals surface area (Å²) < 4.78 is 0. The Labute approximate surface area is 264 Å². The molecule has 0 aliphatic heterocycles. The van der Waals surface area contributed by atoms with Crippen LogP contribution in [-0.4, -0.2) is 0 Å². The van der Waals surface area contributed by atoms with Crippen LogP contribution in [0.15, 0.2) is 188 Å². The molecule has 0 saturated carbocycles. The fraction of sp³-hybridized carbons (Fsp3) is 0. The molecule has 0 bridgehead atoms. The fourth-order valence-electron chi connectivity index (χ4n) is 6.33. The molecule has 0 amide bonds. The van der Waals surface area contributed by atoms with Gasteiger partial charge in [0, 0.05) is 17.1 Å². The van der Waals surface area contributed by atoms with E-state index >= 15 is 0 Å². The maximum atomic E-state index is 2.34. The summed E-state index contributed by atoms with van der Waals surface area (Å²) in [5.41, 5.74) is 10.6. The average Bonchev–Trinajstić information content (AvgIpc) is 3.12. The zero-order chi connectivity index (χ0) is 30.0. The van der Waals surface area contributed by atoms with E-state index in [1.54, 1.807) is 0 Å². The van der Waals surface area contributed by atoms with Crippen LogP contribution >= 0.6 is 0 Å². The minimum absolute atomic E-state index is 1.12. The van der Waals surface area contributed by atoms with E-state index in [0.717, 1.165) is 17.1 Å². The third kappa shape index (κ3) is 5.26. The van der Waals surface area contributed by atoms with Crippen LogP contribution in [0.4, 0.5) is 17.1 Å². The van der Waals surface area contributed by atoms with Crippen molar-refractivity contribution in [2.45, 2.75) is 0 Å². The Hall–Kier alpha value is -5.92. The number of para-hydroxylation sites is 2. The Morgan fingerprint density at radius 3 is 1.31 bits per heavy atom. The summed E-state index contributed by atoms with van der Waals surface area (Å²) in [6, 6.07) is 67.7. The Kier molecular flexibility index (Phi) is 6.90. The van der Waals surface area contributed by atoms with E-state index in [-0.39, 0.29) is 0 Å². The van der Waals surface area contributed by atoms with Gasteiger partial charge in [-0.1, -0.05) is 140 Å². The van der Waals surface area contributed by atoms with Gasteiger partial charge < -0.3 is 4.90 Å². The van der Waals surface area contributed by atoms with Gasteiger partial charge in [0.25, 0.3) is 0 Å². The molecule has 0 aliphatic carbocycles. The van der Waals surface area contributed by atoms with E-state index in [1.165, 1.54) is 54.9 Å². The highest BCUT2D eigenvalue weighted by molar-refractivity contribution is 5.94. The lowest BCUT2D eigenvalue weighted by Crippen LogP contribution is -2.10. The lowest BCUT2D eigenvalue weighted by molar-refractivity contribution is 1.28. The van der Waals surface area contributed by atoms with Gasteiger partial charge in [-0.3, -0.25) is 0 Å². The van der Waals surface area contributed by atoms with Crippen LogP contribution in [0, 0.1) is 0 Å². The van der Waals surface area contributed by atoms with E-state index in [9.17, 15) is 0 Å². The number of nitrogens with zero attached hydrogens (tertiary/aromatic N) is 1. The molecular weight excluding hydrogens is 542 g/mol. The highest BCUT2D eigenvalue weighted by atomic mass is 15.1. The molecule has 1 nitrogen and oxygen atoms in total. The second kappa shape index (κ2) is 11.6. The van der Waals surface area contributed by atoms with E-state index < -0.39 is 0 Å². The van der Waals surface area contributed by atoms with Crippen molar-refractivity contribution in [3.8, 4) is 33.4 Å². The largest absolute Gasteiger partial charge is 0.310 e. The predicted octanol–water partition coefficient (Wildman–Crippen LogP) is 12.5. The normalized spacial score (nSPS) is 11.1. The van der Waals surface area contributed by atoms with E-state index in [4.69, 9.17) is 0 Å². The first-order chi connectivity index (χ1) is 22.3. The van der Waals surface area contributed by atoms with Crippen LogP contribution in [0.25, 0.3) is 54.9 Å². The van der Waals surface area contributed by atoms with Crippen LogP contribution in [0.2, 0.25) is 0 Å². The number of benzene rings is 8. The second-order valence-electron chi connectivity index (χ2n) is 11.4. The van der Waals surface area contributed by atoms with Gasteiger partial charge in [-0.15, -0.1) is 0 Å². The predicted molar refractivity (Wildman–Crippen MR) is 192 cm³/mol. The minimum atomic E-state index is 1.12. The first kappa shape index (κ1) is 26.7. The second-order valence-corrected chi connectivity index (χ2v) is 11.4. The number of anilines is 3. The molecule has 8 aromatic carbocycles. The van der Waals surface area contributed by atoms with Gasteiger partial charge in [0.05, 0.1) is 0 Å². The smallest absolute Gasteiger partial charge is 0.0468 e. The minimum Gasteiger partial charge on any atom is -0.310 e. The van der Waals surface area contributed by atoms with Crippen molar-refractivity contribution >= 4 is 38.6 Å². The molecule has 0 aromatic heterocycles. The molecule has 0 unspecified atom stereocenters. The summed E-state index contributed by atoms with van der Waals surface area (Å²) in [6.45, 7) is 0. The van der Waals surface area contributed by atoms with Crippen molar-refractivity contribution in [2.75, 3.05) is 4.90 Å². The molecule has 0 saturated heterocycles. The first-order valence-electron chi connectivity index (χ1n) is 15.4. The topological polar surface area (TPSA) is 3.24 Å². The molecule has 0 aliphatic rings. The van der Waals surface area contributed by atoms with Gasteiger partial charge in [-0.05, 0) is 103 Å². The fourth-order valence-corrected chi connectivity index (χ4v) is 6.33. The monoisotopic (exact) mass is 573 g/mol. The molecule has 8 aromatic rings. The molecular formula is C44H31N. The van der Waals surface area contributed by atoms with Crippen molar-refractivity contribution in [3.05, 3.63) is 188 Å². The van der Waals surface area contributed by atoms with Crippen molar-refractivity contribution < 1.29 is 0 Å². The summed E-state index contributed by atoms with van der Waals surface area (Å²) in [4.78, 5) is 2.33. The molecule has 0 heterocycles. The molecule has 0 atom stereocenters. The van der Waals surface area contributed by atoms with Gasteiger partial charge in [0.15, 0.2) is 0 Å². The zero-order valence-electron chi connectivity index (χ0n) is 24.8. The van der Waals surface area contributed by atoms with Gasteiger partial charge in [0.1, 0.15) is 0 Å². The van der Waals surface area contributed by atoms with Gasteiger partial charge in [0.2, 0.25) is 0 Å². The number of hydrogen-bond acceptors (Lipinski definition) is 1. The molecule has 8 rings (SSSR count). The summed E-state index contributed by atoms with van der Waals surface area (Å²) in [6.07, 6.45) is 0. The Morgan fingerprint density at radius 1 is 0.244 bits per heavy atom. The lowest BCUT2D eigenvalue weighted by atomic mass is 9.91. The van der Waals surface area contributed by atoms with Crippen LogP contribution in [0.5, 0.6) is 0 Å². The zero-order valence-corrected chi connectivity index (χ0v) is 24.8. The average molecular weight is 574 g/mol. The Balaban J connectivity index is 1.27. The summed E-state index contributed by atoms with van der Waals surface area (Å²) in [5, 5.41) is 5.00. The van der Waals surface area contributed by atoms with Crippen molar-refractivity contribution in [1.82, 2.24) is 0 Å². The standard InChI is InChI=1S/C44H31N/c1-3-15-40(16-4-1)45(41-17-5-2-6-18-41)42-27-28-43(44(31-42)39-26-22-33-12-8-10-14-37(33)30-39)35-23-19-34(20-24-35)38-25-21-32-11-7-9-13-36(32)29-38/h1-31H. The van der Waals surface area contributed by atoms with Gasteiger partial charge >= 0.3 is 0 Å². The lowest BCUT2D eigenvalue weighted by Gasteiger charge is -2.26.